The van der Waals surface area contributed by atoms with Crippen molar-refractivity contribution in [1.29, 1.82) is 0 Å². The SMILES string of the molecule is CCC[SiH](CCC)OCOCC. The van der Waals surface area contributed by atoms with Crippen LogP contribution in [0.3, 0.4) is 0 Å². The Morgan fingerprint density at radius 1 is 1.00 bits per heavy atom. The van der Waals surface area contributed by atoms with E-state index < -0.39 is 9.04 Å². The molecular weight excluding hydrogens is 168 g/mol. The van der Waals surface area contributed by atoms with Gasteiger partial charge in [0.15, 0.2) is 9.04 Å². The summed E-state index contributed by atoms with van der Waals surface area (Å²) >= 11 is 0. The van der Waals surface area contributed by atoms with Crippen molar-refractivity contribution in [1.82, 2.24) is 0 Å². The summed E-state index contributed by atoms with van der Waals surface area (Å²) in [4.78, 5) is 0. The number of rotatable bonds is 8. The first-order chi connectivity index (χ1) is 5.85. The van der Waals surface area contributed by atoms with E-state index in [0.717, 1.165) is 6.61 Å². The summed E-state index contributed by atoms with van der Waals surface area (Å²) in [5, 5.41) is 0. The van der Waals surface area contributed by atoms with E-state index in [9.17, 15) is 0 Å². The topological polar surface area (TPSA) is 18.5 Å². The average molecular weight is 190 g/mol. The minimum atomic E-state index is -0.890. The van der Waals surface area contributed by atoms with Gasteiger partial charge in [0.25, 0.3) is 0 Å². The Morgan fingerprint density at radius 3 is 2.00 bits per heavy atom. The minimum Gasteiger partial charge on any atom is -0.398 e. The van der Waals surface area contributed by atoms with Crippen LogP contribution in [0.25, 0.3) is 0 Å². The highest BCUT2D eigenvalue weighted by Gasteiger charge is 2.08. The summed E-state index contributed by atoms with van der Waals surface area (Å²) in [6.07, 6.45) is 2.51. The molecule has 0 aromatic carbocycles. The summed E-state index contributed by atoms with van der Waals surface area (Å²) < 4.78 is 10.8. The van der Waals surface area contributed by atoms with Crippen molar-refractivity contribution in [3.63, 3.8) is 0 Å². The second-order valence-corrected chi connectivity index (χ2v) is 5.71. The molecule has 0 fully saturated rings. The molecule has 2 nitrogen and oxygen atoms in total. The second-order valence-electron chi connectivity index (χ2n) is 2.98. The molecule has 0 unspecified atom stereocenters. The van der Waals surface area contributed by atoms with Crippen molar-refractivity contribution in [2.75, 3.05) is 13.4 Å². The normalized spacial score (nSPS) is 11.0. The zero-order chi connectivity index (χ0) is 9.23. The first-order valence-electron chi connectivity index (χ1n) is 5.04. The maximum absolute atomic E-state index is 5.68. The fourth-order valence-electron chi connectivity index (χ4n) is 1.18. The molecule has 12 heavy (non-hydrogen) atoms. The molecule has 0 saturated heterocycles. The van der Waals surface area contributed by atoms with Crippen molar-refractivity contribution in [3.8, 4) is 0 Å². The standard InChI is InChI=1S/C9H22O2Si/c1-4-7-12(8-5-2)11-9-10-6-3/h12H,4-9H2,1-3H3. The molecule has 0 heterocycles. The van der Waals surface area contributed by atoms with Gasteiger partial charge in [-0.25, -0.2) is 0 Å². The van der Waals surface area contributed by atoms with Crippen LogP contribution >= 0.6 is 0 Å². The van der Waals surface area contributed by atoms with E-state index in [4.69, 9.17) is 9.16 Å². The van der Waals surface area contributed by atoms with E-state index in [1.807, 2.05) is 6.92 Å². The van der Waals surface area contributed by atoms with Gasteiger partial charge in [-0.3, -0.25) is 0 Å². The Kier molecular flexibility index (Phi) is 9.33. The minimum absolute atomic E-state index is 0.521. The summed E-state index contributed by atoms with van der Waals surface area (Å²) in [7, 11) is -0.890. The Bertz CT molecular complexity index is 82.6. The molecule has 74 valence electrons. The van der Waals surface area contributed by atoms with E-state index in [1.165, 1.54) is 24.9 Å². The quantitative estimate of drug-likeness (QED) is 0.333. The van der Waals surface area contributed by atoms with Gasteiger partial charge in [0.2, 0.25) is 0 Å². The average Bonchev–Trinajstić information content (AvgIpc) is 2.06. The Labute approximate surface area is 78.0 Å². The lowest BCUT2D eigenvalue weighted by atomic mass is 10.6. The predicted molar refractivity (Wildman–Crippen MR) is 54.9 cm³/mol. The molecule has 0 radical (unpaired) electrons. The monoisotopic (exact) mass is 190 g/mol. The van der Waals surface area contributed by atoms with Crippen molar-refractivity contribution in [3.05, 3.63) is 0 Å². The van der Waals surface area contributed by atoms with Gasteiger partial charge in [0.1, 0.15) is 6.79 Å². The van der Waals surface area contributed by atoms with E-state index in [1.54, 1.807) is 0 Å². The molecule has 0 aliphatic rings. The maximum Gasteiger partial charge on any atom is 0.180 e. The molecule has 0 aliphatic carbocycles. The molecule has 3 heteroatoms. The van der Waals surface area contributed by atoms with Crippen LogP contribution in [0.1, 0.15) is 33.6 Å². The van der Waals surface area contributed by atoms with Crippen molar-refractivity contribution < 1.29 is 9.16 Å². The lowest BCUT2D eigenvalue weighted by Crippen LogP contribution is -2.19. The van der Waals surface area contributed by atoms with Gasteiger partial charge in [-0.1, -0.05) is 26.7 Å². The second kappa shape index (κ2) is 9.23. The third-order valence-electron chi connectivity index (χ3n) is 1.81. The molecule has 0 amide bonds. The molecule has 0 saturated carbocycles. The third kappa shape index (κ3) is 6.82. The van der Waals surface area contributed by atoms with Crippen LogP contribution in [0.4, 0.5) is 0 Å². The van der Waals surface area contributed by atoms with Gasteiger partial charge in [-0.15, -0.1) is 0 Å². The van der Waals surface area contributed by atoms with E-state index in [2.05, 4.69) is 13.8 Å². The summed E-state index contributed by atoms with van der Waals surface area (Å²) in [5.41, 5.74) is 0. The number of hydrogen-bond donors (Lipinski definition) is 0. The molecular formula is C9H22O2Si. The van der Waals surface area contributed by atoms with Crippen LogP contribution in [-0.4, -0.2) is 22.4 Å². The highest BCUT2D eigenvalue weighted by molar-refractivity contribution is 6.51. The molecule has 0 spiro atoms. The van der Waals surface area contributed by atoms with Crippen LogP contribution < -0.4 is 0 Å². The van der Waals surface area contributed by atoms with Crippen molar-refractivity contribution in [2.45, 2.75) is 45.7 Å². The van der Waals surface area contributed by atoms with Gasteiger partial charge in [0, 0.05) is 6.61 Å². The highest BCUT2D eigenvalue weighted by atomic mass is 28.3. The first kappa shape index (κ1) is 12.1. The predicted octanol–water partition coefficient (Wildman–Crippen LogP) is 2.54. The van der Waals surface area contributed by atoms with Crippen LogP contribution in [0, 0.1) is 0 Å². The zero-order valence-corrected chi connectivity index (χ0v) is 9.79. The number of ether oxygens (including phenoxy) is 1. The third-order valence-corrected chi connectivity index (χ3v) is 4.86. The van der Waals surface area contributed by atoms with Gasteiger partial charge in [-0.05, 0) is 19.0 Å². The summed E-state index contributed by atoms with van der Waals surface area (Å²) in [6, 6.07) is 2.59. The Hall–Kier alpha value is 0.137. The van der Waals surface area contributed by atoms with Crippen LogP contribution in [0.15, 0.2) is 0 Å². The van der Waals surface area contributed by atoms with Crippen LogP contribution in [0.5, 0.6) is 0 Å². The van der Waals surface area contributed by atoms with Gasteiger partial charge < -0.3 is 9.16 Å². The first-order valence-corrected chi connectivity index (χ1v) is 7.14. The van der Waals surface area contributed by atoms with E-state index in [-0.39, 0.29) is 0 Å². The summed E-state index contributed by atoms with van der Waals surface area (Å²) in [5.74, 6) is 0. The Balaban J connectivity index is 3.34. The van der Waals surface area contributed by atoms with Crippen molar-refractivity contribution >= 4 is 9.04 Å². The lowest BCUT2D eigenvalue weighted by Gasteiger charge is -2.14. The Morgan fingerprint density at radius 2 is 1.58 bits per heavy atom. The van der Waals surface area contributed by atoms with Gasteiger partial charge in [0.05, 0.1) is 0 Å². The molecule has 0 aromatic heterocycles. The lowest BCUT2D eigenvalue weighted by molar-refractivity contribution is 0.0198. The highest BCUT2D eigenvalue weighted by Crippen LogP contribution is 2.06. The molecule has 0 N–H and O–H groups in total. The molecule has 0 atom stereocenters. The molecule has 0 aliphatic heterocycles. The fraction of sp³-hybridized carbons (Fsp3) is 1.00. The number of hydrogen-bond acceptors (Lipinski definition) is 2. The zero-order valence-electron chi connectivity index (χ0n) is 8.64. The maximum atomic E-state index is 5.68. The fourth-order valence-corrected chi connectivity index (χ4v) is 3.38. The smallest absolute Gasteiger partial charge is 0.180 e. The van der Waals surface area contributed by atoms with Crippen LogP contribution in [-0.2, 0) is 9.16 Å². The molecule has 0 aromatic rings. The van der Waals surface area contributed by atoms with Crippen molar-refractivity contribution in [2.24, 2.45) is 0 Å². The largest absolute Gasteiger partial charge is 0.398 e. The van der Waals surface area contributed by atoms with E-state index in [0.29, 0.717) is 6.79 Å². The van der Waals surface area contributed by atoms with E-state index >= 15 is 0 Å². The van der Waals surface area contributed by atoms with Gasteiger partial charge in [-0.2, -0.15) is 0 Å². The molecule has 0 rings (SSSR count). The molecule has 0 bridgehead atoms. The summed E-state index contributed by atoms with van der Waals surface area (Å²) in [6.45, 7) is 7.73. The van der Waals surface area contributed by atoms with Gasteiger partial charge >= 0.3 is 0 Å². The van der Waals surface area contributed by atoms with Crippen LogP contribution in [0.2, 0.25) is 12.1 Å².